The van der Waals surface area contributed by atoms with E-state index >= 15 is 0 Å². The van der Waals surface area contributed by atoms with Gasteiger partial charge in [0, 0.05) is 55.1 Å². The minimum Gasteiger partial charge on any atom is -0.345 e. The first kappa shape index (κ1) is 26.3. The maximum absolute atomic E-state index is 12.7. The third kappa shape index (κ3) is 5.62. The summed E-state index contributed by atoms with van der Waals surface area (Å²) in [6.45, 7) is 4.42. The highest BCUT2D eigenvalue weighted by Crippen LogP contribution is 2.25. The lowest BCUT2D eigenvalue weighted by Gasteiger charge is -2.12. The van der Waals surface area contributed by atoms with Crippen LogP contribution in [0.25, 0.3) is 22.2 Å². The highest BCUT2D eigenvalue weighted by Gasteiger charge is 2.34. The second-order valence-electron chi connectivity index (χ2n) is 8.74. The lowest BCUT2D eigenvalue weighted by Crippen LogP contribution is -2.30. The van der Waals surface area contributed by atoms with E-state index in [1.54, 1.807) is 47.5 Å². The molecule has 4 aromatic rings. The Bertz CT molecular complexity index is 1550. The highest BCUT2D eigenvalue weighted by molar-refractivity contribution is 6.21. The van der Waals surface area contributed by atoms with E-state index in [1.807, 2.05) is 26.2 Å². The van der Waals surface area contributed by atoms with Gasteiger partial charge in [0.25, 0.3) is 11.8 Å². The fourth-order valence-corrected chi connectivity index (χ4v) is 4.13. The van der Waals surface area contributed by atoms with Crippen molar-refractivity contribution in [1.29, 1.82) is 0 Å². The number of benzene rings is 1. The van der Waals surface area contributed by atoms with Crippen LogP contribution in [0.1, 0.15) is 64.2 Å². The first-order valence-corrected chi connectivity index (χ1v) is 12.5. The molecule has 5 rings (SSSR count). The van der Waals surface area contributed by atoms with Gasteiger partial charge in [-0.2, -0.15) is 5.10 Å². The van der Waals surface area contributed by atoms with Crippen molar-refractivity contribution in [3.05, 3.63) is 84.0 Å². The van der Waals surface area contributed by atoms with Gasteiger partial charge in [-0.25, -0.2) is 4.98 Å². The monoisotopic (exact) mass is 507 g/mol. The molecule has 1 aliphatic heterocycles. The van der Waals surface area contributed by atoms with Crippen molar-refractivity contribution in [2.75, 3.05) is 6.54 Å². The molecule has 3 aromatic heterocycles. The van der Waals surface area contributed by atoms with Gasteiger partial charge in [-0.15, -0.1) is 0 Å². The van der Waals surface area contributed by atoms with Crippen molar-refractivity contribution < 1.29 is 14.4 Å². The summed E-state index contributed by atoms with van der Waals surface area (Å²) in [5.41, 5.74) is 3.70. The largest absolute Gasteiger partial charge is 0.345 e. The number of nitrogens with zero attached hydrogens (tertiary/aromatic N) is 4. The lowest BCUT2D eigenvalue weighted by atomic mass is 10.1. The third-order valence-electron chi connectivity index (χ3n) is 6.05. The molecule has 192 valence electrons. The zero-order valence-corrected chi connectivity index (χ0v) is 21.7. The number of carbonyl (C=O) groups excluding carboxylic acids is 3. The standard InChI is InChI=1S/C25H19N5O3.C5H10/c1-29-15-17(13-28-29)16-11-20-21(14-27-23(20)26-12-16)22(31)9-3-2-6-10-30-24(32)18-7-4-5-8-19(18)25(30)33;1-3-5-4-2/h4-5,7-8,11-15H,2,6,10H2,1H3,(H,26,27);3,5H,4H2,1-2H3/b;5-3-. The molecule has 38 heavy (non-hydrogen) atoms. The summed E-state index contributed by atoms with van der Waals surface area (Å²) in [5.74, 6) is 4.65. The minimum absolute atomic E-state index is 0.265. The van der Waals surface area contributed by atoms with Crippen LogP contribution in [0, 0.1) is 11.8 Å². The fourth-order valence-electron chi connectivity index (χ4n) is 4.13. The third-order valence-corrected chi connectivity index (χ3v) is 6.05. The maximum atomic E-state index is 12.7. The van der Waals surface area contributed by atoms with Crippen LogP contribution in [0.15, 0.2) is 67.3 Å². The van der Waals surface area contributed by atoms with Gasteiger partial charge in [-0.3, -0.25) is 24.0 Å². The smallest absolute Gasteiger partial charge is 0.261 e. The molecule has 0 radical (unpaired) electrons. The van der Waals surface area contributed by atoms with E-state index < -0.39 is 0 Å². The van der Waals surface area contributed by atoms with Crippen LogP contribution in [0.4, 0.5) is 0 Å². The summed E-state index contributed by atoms with van der Waals surface area (Å²) >= 11 is 0. The zero-order valence-electron chi connectivity index (χ0n) is 21.7. The molecule has 2 amide bonds. The lowest BCUT2D eigenvalue weighted by molar-refractivity contribution is 0.0652. The van der Waals surface area contributed by atoms with Crippen LogP contribution >= 0.6 is 0 Å². The number of imide groups is 1. The Hall–Kier alpha value is -4.77. The number of aromatic amines is 1. The van der Waals surface area contributed by atoms with Gasteiger partial charge in [0.1, 0.15) is 5.65 Å². The SMILES string of the molecule is C/C=C\CC.Cn1cc(-c2cnc3[nH]cc(C(=O)C#CCCCN4C(=O)c5ccccc5C4=O)c3c2)cn1. The summed E-state index contributed by atoms with van der Waals surface area (Å²) in [4.78, 5) is 46.1. The Morgan fingerprint density at radius 1 is 1.11 bits per heavy atom. The van der Waals surface area contributed by atoms with Gasteiger partial charge in [0.15, 0.2) is 0 Å². The van der Waals surface area contributed by atoms with E-state index in [4.69, 9.17) is 0 Å². The average molecular weight is 508 g/mol. The van der Waals surface area contributed by atoms with E-state index in [2.05, 4.69) is 46.0 Å². The van der Waals surface area contributed by atoms with Gasteiger partial charge < -0.3 is 4.98 Å². The van der Waals surface area contributed by atoms with E-state index in [0.717, 1.165) is 17.5 Å². The predicted molar refractivity (Wildman–Crippen MR) is 147 cm³/mol. The number of carbonyl (C=O) groups is 3. The molecule has 1 aliphatic rings. The molecule has 0 unspecified atom stereocenters. The van der Waals surface area contributed by atoms with Crippen LogP contribution < -0.4 is 0 Å². The van der Waals surface area contributed by atoms with Crippen LogP contribution in [-0.4, -0.2) is 48.8 Å². The van der Waals surface area contributed by atoms with Gasteiger partial charge in [-0.05, 0) is 43.9 Å². The number of hydrogen-bond donors (Lipinski definition) is 1. The number of aromatic nitrogens is 4. The van der Waals surface area contributed by atoms with Crippen LogP contribution in [0.2, 0.25) is 0 Å². The number of allylic oxidation sites excluding steroid dienone is 2. The molecule has 0 spiro atoms. The Labute approximate surface area is 221 Å². The maximum Gasteiger partial charge on any atom is 0.261 e. The molecular weight excluding hydrogens is 478 g/mol. The highest BCUT2D eigenvalue weighted by atomic mass is 16.2. The van der Waals surface area contributed by atoms with E-state index in [-0.39, 0.29) is 24.1 Å². The van der Waals surface area contributed by atoms with E-state index in [9.17, 15) is 14.4 Å². The van der Waals surface area contributed by atoms with Crippen molar-refractivity contribution in [3.63, 3.8) is 0 Å². The molecule has 4 heterocycles. The van der Waals surface area contributed by atoms with Gasteiger partial charge >= 0.3 is 0 Å². The minimum atomic E-state index is -0.313. The Kier molecular flexibility index (Phi) is 8.29. The van der Waals surface area contributed by atoms with E-state index in [0.29, 0.717) is 40.6 Å². The number of fused-ring (bicyclic) bond motifs is 2. The molecule has 0 bridgehead atoms. The van der Waals surface area contributed by atoms with Gasteiger partial charge in [0.05, 0.1) is 22.9 Å². The number of hydrogen-bond acceptors (Lipinski definition) is 5. The summed E-state index contributed by atoms with van der Waals surface area (Å²) < 4.78 is 1.70. The molecule has 0 saturated heterocycles. The topological polar surface area (TPSA) is 101 Å². The molecule has 0 saturated carbocycles. The summed E-state index contributed by atoms with van der Waals surface area (Å²) in [6, 6.07) is 8.69. The molecule has 0 atom stereocenters. The van der Waals surface area contributed by atoms with Crippen molar-refractivity contribution in [2.45, 2.75) is 33.1 Å². The molecule has 8 heteroatoms. The van der Waals surface area contributed by atoms with Crippen molar-refractivity contribution in [3.8, 4) is 23.0 Å². The number of unbranched alkanes of at least 4 members (excludes halogenated alkanes) is 1. The molecule has 0 fully saturated rings. The van der Waals surface area contributed by atoms with Gasteiger partial charge in [-0.1, -0.05) is 37.1 Å². The number of amides is 2. The number of H-pyrrole nitrogens is 1. The Morgan fingerprint density at radius 2 is 1.84 bits per heavy atom. The number of Topliss-reactive ketones (excluding diaryl/α,β-unsaturated/α-hetero) is 1. The number of rotatable bonds is 6. The number of aryl methyl sites for hydroxylation is 1. The van der Waals surface area contributed by atoms with Crippen LogP contribution in [-0.2, 0) is 7.05 Å². The molecular formula is C30H29N5O3. The predicted octanol–water partition coefficient (Wildman–Crippen LogP) is 5.20. The Balaban J connectivity index is 0.000000617. The second kappa shape index (κ2) is 12.0. The second-order valence-corrected chi connectivity index (χ2v) is 8.74. The van der Waals surface area contributed by atoms with E-state index in [1.165, 1.54) is 4.90 Å². The summed E-state index contributed by atoms with van der Waals surface area (Å²) in [5, 5.41) is 4.87. The van der Waals surface area contributed by atoms with Crippen molar-refractivity contribution >= 4 is 28.6 Å². The van der Waals surface area contributed by atoms with Crippen LogP contribution in [0.3, 0.4) is 0 Å². The summed E-state index contributed by atoms with van der Waals surface area (Å²) in [7, 11) is 1.84. The molecule has 1 N–H and O–H groups in total. The summed E-state index contributed by atoms with van der Waals surface area (Å²) in [6.07, 6.45) is 13.2. The quantitative estimate of drug-likeness (QED) is 0.0966. The van der Waals surface area contributed by atoms with Gasteiger partial charge in [0.2, 0.25) is 5.78 Å². The first-order valence-electron chi connectivity index (χ1n) is 12.5. The average Bonchev–Trinajstić information content (AvgIpc) is 3.62. The normalized spacial score (nSPS) is 12.3. The molecule has 0 aliphatic carbocycles. The van der Waals surface area contributed by atoms with Crippen molar-refractivity contribution in [1.82, 2.24) is 24.6 Å². The van der Waals surface area contributed by atoms with Crippen LogP contribution in [0.5, 0.6) is 0 Å². The fraction of sp³-hybridized carbons (Fsp3) is 0.233. The first-order chi connectivity index (χ1) is 18.4. The number of nitrogens with one attached hydrogen (secondary N) is 1. The Morgan fingerprint density at radius 3 is 2.45 bits per heavy atom. The zero-order chi connectivity index (χ0) is 27.1. The molecule has 1 aromatic carbocycles. The number of pyridine rings is 1. The molecule has 8 nitrogen and oxygen atoms in total. The van der Waals surface area contributed by atoms with Crippen molar-refractivity contribution in [2.24, 2.45) is 7.05 Å². The number of ketones is 1.